The fourth-order valence-corrected chi connectivity index (χ4v) is 5.48. The van der Waals surface area contributed by atoms with E-state index < -0.39 is 11.9 Å². The maximum absolute atomic E-state index is 13.0. The summed E-state index contributed by atoms with van der Waals surface area (Å²) < 4.78 is 7.84. The number of hydrogen-bond donors (Lipinski definition) is 1. The van der Waals surface area contributed by atoms with Crippen molar-refractivity contribution < 1.29 is 19.1 Å². The highest BCUT2D eigenvalue weighted by atomic mass is 16.5. The van der Waals surface area contributed by atoms with E-state index in [0.717, 1.165) is 24.2 Å². The molecule has 0 spiro atoms. The van der Waals surface area contributed by atoms with Crippen molar-refractivity contribution in [2.24, 2.45) is 0 Å². The molecular weight excluding hydrogens is 484 g/mol. The molecule has 3 aromatic rings. The lowest BCUT2D eigenvalue weighted by Gasteiger charge is -2.29. The molecule has 1 N–H and O–H groups in total. The van der Waals surface area contributed by atoms with Gasteiger partial charge in [0.25, 0.3) is 5.91 Å². The Labute approximate surface area is 220 Å². The normalized spacial score (nSPS) is 19.5. The Kier molecular flexibility index (Phi) is 6.53. The molecule has 2 saturated heterocycles. The van der Waals surface area contributed by atoms with Crippen LogP contribution in [-0.2, 0) is 29.3 Å². The zero-order valence-electron chi connectivity index (χ0n) is 21.1. The molecule has 0 bridgehead atoms. The second kappa shape index (κ2) is 10.3. The quantitative estimate of drug-likeness (QED) is 0.483. The number of carbonyl (C=O) groups is 3. The van der Waals surface area contributed by atoms with Crippen molar-refractivity contribution in [3.05, 3.63) is 71.0 Å². The molecule has 0 radical (unpaired) electrons. The summed E-state index contributed by atoms with van der Waals surface area (Å²) in [4.78, 5) is 40.8. The van der Waals surface area contributed by atoms with E-state index in [-0.39, 0.29) is 31.4 Å². The first-order chi connectivity index (χ1) is 18.5. The van der Waals surface area contributed by atoms with Gasteiger partial charge in [-0.05, 0) is 55.5 Å². The number of carbonyl (C=O) groups excluding carboxylic acids is 3. The predicted molar refractivity (Wildman–Crippen MR) is 138 cm³/mol. The fraction of sp³-hybridized carbons (Fsp3) is 0.393. The third kappa shape index (κ3) is 4.85. The van der Waals surface area contributed by atoms with Gasteiger partial charge in [0.15, 0.2) is 0 Å². The molecule has 4 heterocycles. The molecule has 10 heteroatoms. The molecule has 3 amide bonds. The Bertz CT molecular complexity index is 1360. The summed E-state index contributed by atoms with van der Waals surface area (Å²) in [5, 5.41) is 10.8. The van der Waals surface area contributed by atoms with Crippen LogP contribution in [0.3, 0.4) is 0 Å². The maximum atomic E-state index is 13.0. The number of hydrogen-bond acceptors (Lipinski definition) is 7. The standard InChI is InChI=1S/C28H30N6O4/c35-26-12-11-24(27(36)29-26)34-17-23-22(28(34)37)5-4-6-25(23)38-18-20-16-33(31-30-20)15-19-7-9-21(10-8-19)32-13-2-1-3-14-32/h4-10,16,24H,1-3,11-15,17-18H2,(H,29,35,36). The monoisotopic (exact) mass is 514 g/mol. The molecule has 0 saturated carbocycles. The van der Waals surface area contributed by atoms with Crippen LogP contribution in [0.2, 0.25) is 0 Å². The molecule has 3 aliphatic rings. The lowest BCUT2D eigenvalue weighted by atomic mass is 10.0. The van der Waals surface area contributed by atoms with Gasteiger partial charge in [-0.15, -0.1) is 5.10 Å². The Morgan fingerprint density at radius 1 is 1.00 bits per heavy atom. The van der Waals surface area contributed by atoms with Gasteiger partial charge >= 0.3 is 0 Å². The zero-order valence-corrected chi connectivity index (χ0v) is 21.1. The zero-order chi connectivity index (χ0) is 26.1. The molecule has 38 heavy (non-hydrogen) atoms. The number of imide groups is 1. The van der Waals surface area contributed by atoms with Crippen molar-refractivity contribution in [1.82, 2.24) is 25.2 Å². The molecule has 3 aliphatic heterocycles. The van der Waals surface area contributed by atoms with Crippen molar-refractivity contribution >= 4 is 23.4 Å². The molecule has 196 valence electrons. The van der Waals surface area contributed by atoms with Gasteiger partial charge in [-0.2, -0.15) is 0 Å². The Morgan fingerprint density at radius 2 is 1.82 bits per heavy atom. The first-order valence-electron chi connectivity index (χ1n) is 13.2. The summed E-state index contributed by atoms with van der Waals surface area (Å²) in [5.41, 5.74) is 4.35. The van der Waals surface area contributed by atoms with Gasteiger partial charge < -0.3 is 14.5 Å². The van der Waals surface area contributed by atoms with Crippen molar-refractivity contribution in [2.75, 3.05) is 18.0 Å². The van der Waals surface area contributed by atoms with Gasteiger partial charge in [0, 0.05) is 36.3 Å². The molecule has 2 fully saturated rings. The van der Waals surface area contributed by atoms with Crippen LogP contribution in [0.15, 0.2) is 48.7 Å². The SMILES string of the molecule is O=C1CCC(N2Cc3c(OCc4cn(Cc5ccc(N6CCCCC6)cc5)nn4)cccc3C2=O)C(=O)N1. The number of rotatable bonds is 7. The second-order valence-electron chi connectivity index (χ2n) is 10.1. The molecule has 0 aliphatic carbocycles. The molecule has 1 atom stereocenters. The van der Waals surface area contributed by atoms with Gasteiger partial charge in [-0.1, -0.05) is 23.4 Å². The first-order valence-corrected chi connectivity index (χ1v) is 13.2. The highest BCUT2D eigenvalue weighted by Crippen LogP contribution is 2.34. The maximum Gasteiger partial charge on any atom is 0.255 e. The number of ether oxygens (including phenoxy) is 1. The lowest BCUT2D eigenvalue weighted by Crippen LogP contribution is -2.52. The molecule has 1 unspecified atom stereocenters. The third-order valence-electron chi connectivity index (χ3n) is 7.50. The number of nitrogens with one attached hydrogen (secondary N) is 1. The fourth-order valence-electron chi connectivity index (χ4n) is 5.48. The predicted octanol–water partition coefficient (Wildman–Crippen LogP) is 2.66. The Morgan fingerprint density at radius 3 is 2.61 bits per heavy atom. The van der Waals surface area contributed by atoms with Crippen molar-refractivity contribution in [1.29, 1.82) is 0 Å². The van der Waals surface area contributed by atoms with Gasteiger partial charge in [0.1, 0.15) is 24.1 Å². The van der Waals surface area contributed by atoms with Gasteiger partial charge in [-0.25, -0.2) is 4.68 Å². The van der Waals surface area contributed by atoms with E-state index in [4.69, 9.17) is 4.74 Å². The van der Waals surface area contributed by atoms with E-state index in [1.165, 1.54) is 29.8 Å². The van der Waals surface area contributed by atoms with Crippen molar-refractivity contribution in [3.63, 3.8) is 0 Å². The van der Waals surface area contributed by atoms with Crippen molar-refractivity contribution in [3.8, 4) is 5.75 Å². The minimum Gasteiger partial charge on any atom is -0.487 e. The van der Waals surface area contributed by atoms with E-state index in [0.29, 0.717) is 30.0 Å². The number of fused-ring (bicyclic) bond motifs is 1. The number of nitrogens with zero attached hydrogens (tertiary/aromatic N) is 5. The Hall–Kier alpha value is -4.21. The summed E-state index contributed by atoms with van der Waals surface area (Å²) in [6.45, 7) is 3.33. The van der Waals surface area contributed by atoms with Crippen LogP contribution in [0.1, 0.15) is 59.3 Å². The highest BCUT2D eigenvalue weighted by Gasteiger charge is 2.40. The average molecular weight is 515 g/mol. The molecule has 10 nitrogen and oxygen atoms in total. The molecular formula is C28H30N6O4. The van der Waals surface area contributed by atoms with Crippen LogP contribution in [0.4, 0.5) is 5.69 Å². The number of anilines is 1. The molecule has 2 aromatic carbocycles. The van der Waals surface area contributed by atoms with E-state index in [2.05, 4.69) is 44.8 Å². The number of amides is 3. The topological polar surface area (TPSA) is 110 Å². The number of piperidine rings is 2. The summed E-state index contributed by atoms with van der Waals surface area (Å²) in [5.74, 6) is -0.379. The summed E-state index contributed by atoms with van der Waals surface area (Å²) in [6, 6.07) is 13.3. The van der Waals surface area contributed by atoms with Crippen molar-refractivity contribution in [2.45, 2.75) is 57.8 Å². The van der Waals surface area contributed by atoms with Gasteiger partial charge in [-0.3, -0.25) is 19.7 Å². The van der Waals surface area contributed by atoms with E-state index in [1.807, 2.05) is 12.3 Å². The minimum absolute atomic E-state index is 0.205. The van der Waals surface area contributed by atoms with Crippen LogP contribution >= 0.6 is 0 Å². The number of benzene rings is 2. The van der Waals surface area contributed by atoms with Crippen LogP contribution in [0.5, 0.6) is 5.75 Å². The van der Waals surface area contributed by atoms with E-state index >= 15 is 0 Å². The molecule has 6 rings (SSSR count). The largest absolute Gasteiger partial charge is 0.487 e. The van der Waals surface area contributed by atoms with Crippen LogP contribution in [0, 0.1) is 0 Å². The van der Waals surface area contributed by atoms with E-state index in [9.17, 15) is 14.4 Å². The second-order valence-corrected chi connectivity index (χ2v) is 10.1. The minimum atomic E-state index is -0.658. The summed E-state index contributed by atoms with van der Waals surface area (Å²) in [6.07, 6.45) is 6.24. The first kappa shape index (κ1) is 24.1. The number of aromatic nitrogens is 3. The summed E-state index contributed by atoms with van der Waals surface area (Å²) in [7, 11) is 0. The van der Waals surface area contributed by atoms with Gasteiger partial charge in [0.05, 0.1) is 19.3 Å². The smallest absolute Gasteiger partial charge is 0.255 e. The van der Waals surface area contributed by atoms with Crippen LogP contribution in [0.25, 0.3) is 0 Å². The lowest BCUT2D eigenvalue weighted by molar-refractivity contribution is -0.136. The molecule has 1 aromatic heterocycles. The van der Waals surface area contributed by atoms with Crippen LogP contribution < -0.4 is 15.0 Å². The highest BCUT2D eigenvalue weighted by molar-refractivity contribution is 6.05. The Balaban J connectivity index is 1.08. The van der Waals surface area contributed by atoms with Gasteiger partial charge in [0.2, 0.25) is 11.8 Å². The third-order valence-corrected chi connectivity index (χ3v) is 7.50. The van der Waals surface area contributed by atoms with E-state index in [1.54, 1.807) is 16.8 Å². The summed E-state index contributed by atoms with van der Waals surface area (Å²) >= 11 is 0. The average Bonchev–Trinajstić information content (AvgIpc) is 3.52. The van der Waals surface area contributed by atoms with Crippen LogP contribution in [-0.4, -0.2) is 56.7 Å².